The minimum Gasteiger partial charge on any atom is -0.509 e. The number of para-hydroxylation sites is 3. The summed E-state index contributed by atoms with van der Waals surface area (Å²) in [6.45, 7) is 18.0. The Morgan fingerprint density at radius 3 is 1.89 bits per heavy atom. The van der Waals surface area contributed by atoms with E-state index in [-0.39, 0.29) is 31.9 Å². The molecule has 0 aliphatic heterocycles. The molecule has 0 bridgehead atoms. The Morgan fingerprint density at radius 2 is 1.20 bits per heavy atom. The van der Waals surface area contributed by atoms with E-state index in [4.69, 9.17) is 14.8 Å². The third kappa shape index (κ3) is 6.78. The second kappa shape index (κ2) is 15.0. The fourth-order valence-corrected chi connectivity index (χ4v) is 9.06. The van der Waals surface area contributed by atoms with Crippen LogP contribution >= 0.6 is 0 Å². The van der Waals surface area contributed by atoms with E-state index in [1.54, 1.807) is 0 Å². The molecule has 4 heterocycles. The number of aryl methyl sites for hydroxylation is 1. The molecule has 304 valence electrons. The van der Waals surface area contributed by atoms with Crippen LogP contribution in [-0.4, -0.2) is 23.9 Å². The molecule has 0 aliphatic rings. The second-order valence-corrected chi connectivity index (χ2v) is 17.9. The van der Waals surface area contributed by atoms with Gasteiger partial charge in [-0.25, -0.2) is 4.98 Å². The van der Waals surface area contributed by atoms with E-state index in [1.807, 2.05) is 41.2 Å². The number of nitrogens with zero attached hydrogens (tertiary/aromatic N) is 5. The summed E-state index contributed by atoms with van der Waals surface area (Å²) in [7, 11) is 0. The van der Waals surface area contributed by atoms with Crippen LogP contribution in [0, 0.1) is 26.0 Å². The summed E-state index contributed by atoms with van der Waals surface area (Å²) in [4.78, 5) is 5.07. The van der Waals surface area contributed by atoms with Gasteiger partial charge in [0.05, 0.1) is 22.4 Å². The van der Waals surface area contributed by atoms with Crippen LogP contribution < -0.4 is 4.74 Å². The number of hydrogen-bond acceptors (Lipinski definition) is 3. The second-order valence-electron chi connectivity index (χ2n) is 17.9. The van der Waals surface area contributed by atoms with Crippen LogP contribution in [0.15, 0.2) is 140 Å². The molecule has 0 unspecified atom stereocenters. The van der Waals surface area contributed by atoms with Gasteiger partial charge in [-0.05, 0) is 64.6 Å². The first-order chi connectivity index (χ1) is 28.9. The zero-order chi connectivity index (χ0) is 41.5. The van der Waals surface area contributed by atoms with Crippen molar-refractivity contribution in [2.24, 2.45) is 0 Å². The molecule has 10 rings (SSSR count). The molecule has 6 nitrogen and oxygen atoms in total. The minimum absolute atomic E-state index is 0. The van der Waals surface area contributed by atoms with Crippen LogP contribution in [0.1, 0.15) is 64.1 Å². The van der Waals surface area contributed by atoms with Crippen LogP contribution in [0.3, 0.4) is 0 Å². The van der Waals surface area contributed by atoms with Gasteiger partial charge in [0.25, 0.3) is 0 Å². The predicted molar refractivity (Wildman–Crippen MR) is 247 cm³/mol. The number of pyridine rings is 1. The van der Waals surface area contributed by atoms with Gasteiger partial charge >= 0.3 is 21.1 Å². The Balaban J connectivity index is 0.00000476. The van der Waals surface area contributed by atoms with Gasteiger partial charge in [-0.3, -0.25) is 4.68 Å². The smallest absolute Gasteiger partial charge is 0.509 e. The molecule has 10 aromatic rings. The molecular weight excluding hydrogens is 930 g/mol. The average molecular weight is 977 g/mol. The third-order valence-electron chi connectivity index (χ3n) is 11.8. The van der Waals surface area contributed by atoms with Crippen molar-refractivity contribution in [3.05, 3.63) is 174 Å². The fraction of sp³-hybridized carbons (Fsp3) is 0.185. The first kappa shape index (κ1) is 40.2. The van der Waals surface area contributed by atoms with Gasteiger partial charge < -0.3 is 13.9 Å². The number of ether oxygens (including phenoxy) is 1. The molecule has 0 spiro atoms. The number of rotatable bonds is 6. The molecule has 0 amide bonds. The minimum atomic E-state index is -0.0835. The van der Waals surface area contributed by atoms with Gasteiger partial charge in [0.1, 0.15) is 5.82 Å². The predicted octanol–water partition coefficient (Wildman–Crippen LogP) is 13.7. The van der Waals surface area contributed by atoms with Crippen LogP contribution in [0.4, 0.5) is 0 Å². The molecule has 0 atom stereocenters. The first-order valence-corrected chi connectivity index (χ1v) is 20.7. The van der Waals surface area contributed by atoms with Crippen LogP contribution in [0.5, 0.6) is 11.5 Å². The van der Waals surface area contributed by atoms with Crippen molar-refractivity contribution in [3.63, 3.8) is 0 Å². The van der Waals surface area contributed by atoms with E-state index in [9.17, 15) is 0 Å². The van der Waals surface area contributed by atoms with E-state index in [0.717, 1.165) is 61.5 Å². The fourth-order valence-electron chi connectivity index (χ4n) is 9.06. The summed E-state index contributed by atoms with van der Waals surface area (Å²) in [5.74, 6) is 1.97. The van der Waals surface area contributed by atoms with Crippen LogP contribution in [0.2, 0.25) is 0 Å². The largest absolute Gasteiger partial charge is 2.00 e. The summed E-state index contributed by atoms with van der Waals surface area (Å²) >= 11 is 0. The molecule has 0 fully saturated rings. The summed E-state index contributed by atoms with van der Waals surface area (Å²) < 4.78 is 13.2. The van der Waals surface area contributed by atoms with E-state index in [0.29, 0.717) is 11.5 Å². The first-order valence-electron chi connectivity index (χ1n) is 20.7. The zero-order valence-electron chi connectivity index (χ0n) is 35.7. The van der Waals surface area contributed by atoms with Crippen molar-refractivity contribution in [1.82, 2.24) is 23.9 Å². The molecular formula is C54H47N5OPt. The van der Waals surface area contributed by atoms with Gasteiger partial charge in [0.15, 0.2) is 0 Å². The van der Waals surface area contributed by atoms with Gasteiger partial charge in [0, 0.05) is 51.3 Å². The normalized spacial score (nSPS) is 12.1. The topological polar surface area (TPSA) is 49.8 Å². The van der Waals surface area contributed by atoms with E-state index < -0.39 is 0 Å². The van der Waals surface area contributed by atoms with Crippen molar-refractivity contribution in [3.8, 4) is 39.8 Å². The zero-order valence-corrected chi connectivity index (χ0v) is 38.0. The molecule has 0 radical (unpaired) electrons. The van der Waals surface area contributed by atoms with Gasteiger partial charge in [0.2, 0.25) is 0 Å². The number of fused-ring (bicyclic) bond motifs is 6. The summed E-state index contributed by atoms with van der Waals surface area (Å²) in [5, 5.41) is 9.62. The Morgan fingerprint density at radius 1 is 0.574 bits per heavy atom. The molecule has 0 saturated carbocycles. The van der Waals surface area contributed by atoms with Gasteiger partial charge in [-0.15, -0.1) is 35.7 Å². The molecule has 61 heavy (non-hydrogen) atoms. The quantitative estimate of drug-likeness (QED) is 0.156. The van der Waals surface area contributed by atoms with E-state index in [2.05, 4.69) is 180 Å². The van der Waals surface area contributed by atoms with Gasteiger partial charge in [-0.2, -0.15) is 17.2 Å². The number of aromatic nitrogens is 5. The maximum atomic E-state index is 6.58. The SMILES string of the molecule is Cc1nn(-c2[c-]c(Oc3[c-]c4c(cc3)c3ccccc3n4-c3cc(-n4c5c(C(C)(C)C)cccc5c5cccc(C(C)(C)C)c54)ccn3)ccc2)c(C)c1-c1ccccc1.[Pt+2]. The summed E-state index contributed by atoms with van der Waals surface area (Å²) in [5.41, 5.74) is 13.0. The standard InChI is InChI=1S/C54H47N5O.Pt/c1-34-50(36-17-10-9-11-18-36)35(2)59(56-34)38-19-14-20-39(31-38)60-40-27-28-42-41-21-12-13-26-47(41)58(48(42)33-40)49-32-37(29-30-55-49)57-51-43(22-15-24-45(51)53(3,4)5)44-23-16-25-46(52(44)57)54(6,7)8;/h9-30,32H,1-8H3;/q-2;+2. The number of benzene rings is 6. The van der Waals surface area contributed by atoms with Crippen LogP contribution in [0.25, 0.3) is 71.9 Å². The van der Waals surface area contributed by atoms with Gasteiger partial charge in [-0.1, -0.05) is 132 Å². The van der Waals surface area contributed by atoms with Crippen molar-refractivity contribution >= 4 is 43.6 Å². The molecule has 0 N–H and O–H groups in total. The van der Waals surface area contributed by atoms with E-state index >= 15 is 0 Å². The average Bonchev–Trinajstić information content (AvgIpc) is 3.86. The third-order valence-corrected chi connectivity index (χ3v) is 11.8. The number of hydrogen-bond donors (Lipinski definition) is 0. The van der Waals surface area contributed by atoms with Crippen molar-refractivity contribution in [1.29, 1.82) is 0 Å². The maximum Gasteiger partial charge on any atom is 2.00 e. The monoisotopic (exact) mass is 976 g/mol. The Bertz CT molecular complexity index is 3210. The van der Waals surface area contributed by atoms with E-state index in [1.165, 1.54) is 32.9 Å². The van der Waals surface area contributed by atoms with Crippen molar-refractivity contribution in [2.45, 2.75) is 66.2 Å². The Kier molecular flexibility index (Phi) is 9.91. The molecule has 0 aliphatic carbocycles. The molecule has 6 aromatic carbocycles. The Labute approximate surface area is 371 Å². The summed E-state index contributed by atoms with van der Waals surface area (Å²) in [6.07, 6.45) is 1.94. The summed E-state index contributed by atoms with van der Waals surface area (Å²) in [6, 6.07) is 53.9. The molecule has 4 aromatic heterocycles. The van der Waals surface area contributed by atoms with Crippen molar-refractivity contribution in [2.75, 3.05) is 0 Å². The molecule has 7 heteroatoms. The maximum absolute atomic E-state index is 6.58. The van der Waals surface area contributed by atoms with Crippen LogP contribution in [-0.2, 0) is 31.9 Å². The van der Waals surface area contributed by atoms with Crippen molar-refractivity contribution < 1.29 is 25.8 Å². The Hall–Kier alpha value is -6.23. The molecule has 0 saturated heterocycles.